The first-order valence-corrected chi connectivity index (χ1v) is 7.17. The summed E-state index contributed by atoms with van der Waals surface area (Å²) in [6, 6.07) is 12.2. The lowest BCUT2D eigenvalue weighted by Gasteiger charge is -2.12. The lowest BCUT2D eigenvalue weighted by Crippen LogP contribution is -2.07. The van der Waals surface area contributed by atoms with E-state index in [4.69, 9.17) is 5.73 Å². The van der Waals surface area contributed by atoms with Gasteiger partial charge in [-0.15, -0.1) is 5.10 Å². The number of benzene rings is 2. The number of anilines is 1. The van der Waals surface area contributed by atoms with Crippen molar-refractivity contribution in [2.24, 2.45) is 0 Å². The van der Waals surface area contributed by atoms with Gasteiger partial charge < -0.3 is 5.73 Å². The largest absolute Gasteiger partial charge is 0.382 e. The van der Waals surface area contributed by atoms with Crippen molar-refractivity contribution in [3.05, 3.63) is 59.4 Å². The molecule has 5 heteroatoms. The fraction of sp³-hybridized carbons (Fsp3) is 0.176. The van der Waals surface area contributed by atoms with E-state index in [0.717, 1.165) is 28.8 Å². The Morgan fingerprint density at radius 2 is 1.86 bits per heavy atom. The van der Waals surface area contributed by atoms with Gasteiger partial charge in [0.1, 0.15) is 11.5 Å². The van der Waals surface area contributed by atoms with Crippen molar-refractivity contribution in [3.63, 3.8) is 0 Å². The van der Waals surface area contributed by atoms with Gasteiger partial charge in [-0.3, -0.25) is 0 Å². The molecule has 3 aromatic rings. The highest BCUT2D eigenvalue weighted by Crippen LogP contribution is 2.28. The summed E-state index contributed by atoms with van der Waals surface area (Å²) in [7, 11) is 0. The Bertz CT molecular complexity index is 806. The van der Waals surface area contributed by atoms with Crippen molar-refractivity contribution in [2.45, 2.75) is 20.3 Å². The maximum Gasteiger partial charge on any atom is 0.155 e. The summed E-state index contributed by atoms with van der Waals surface area (Å²) in [5.74, 6) is 0.164. The van der Waals surface area contributed by atoms with E-state index in [1.807, 2.05) is 19.1 Å². The first kappa shape index (κ1) is 14.3. The van der Waals surface area contributed by atoms with Crippen molar-refractivity contribution in [1.82, 2.24) is 15.0 Å². The molecule has 0 radical (unpaired) electrons. The van der Waals surface area contributed by atoms with Crippen LogP contribution in [0, 0.1) is 12.7 Å². The third-order valence-electron chi connectivity index (χ3n) is 3.74. The fourth-order valence-electron chi connectivity index (χ4n) is 2.58. The van der Waals surface area contributed by atoms with E-state index in [1.165, 1.54) is 12.1 Å². The molecular formula is C17H17FN4. The number of para-hydroxylation sites is 1. The first-order valence-electron chi connectivity index (χ1n) is 7.17. The number of aryl methyl sites for hydroxylation is 2. The van der Waals surface area contributed by atoms with Crippen LogP contribution in [0.5, 0.6) is 0 Å². The number of halogens is 1. The third-order valence-corrected chi connectivity index (χ3v) is 3.74. The smallest absolute Gasteiger partial charge is 0.155 e. The van der Waals surface area contributed by atoms with Crippen LogP contribution in [0.4, 0.5) is 10.2 Å². The molecule has 0 atom stereocenters. The van der Waals surface area contributed by atoms with Crippen LogP contribution in [0.2, 0.25) is 0 Å². The van der Waals surface area contributed by atoms with Crippen LogP contribution >= 0.6 is 0 Å². The van der Waals surface area contributed by atoms with Gasteiger partial charge in [-0.25, -0.2) is 4.39 Å². The standard InChI is InChI=1S/C17H17FN4/c1-3-12-6-4-5-11(2)16(12)22-17(19)15(20-21-22)13-7-9-14(18)10-8-13/h4-10H,3,19H2,1-2H3. The molecule has 112 valence electrons. The molecule has 2 aromatic carbocycles. The topological polar surface area (TPSA) is 56.7 Å². The summed E-state index contributed by atoms with van der Waals surface area (Å²) < 4.78 is 14.7. The molecule has 0 aliphatic heterocycles. The zero-order chi connectivity index (χ0) is 15.7. The Morgan fingerprint density at radius 3 is 2.55 bits per heavy atom. The third kappa shape index (κ3) is 2.35. The summed E-state index contributed by atoms with van der Waals surface area (Å²) in [5, 5.41) is 8.38. The van der Waals surface area contributed by atoms with Crippen molar-refractivity contribution < 1.29 is 4.39 Å². The number of aromatic nitrogens is 3. The second-order valence-electron chi connectivity index (χ2n) is 5.18. The zero-order valence-electron chi connectivity index (χ0n) is 12.5. The number of nitrogens with two attached hydrogens (primary N) is 1. The number of hydrogen-bond acceptors (Lipinski definition) is 3. The van der Waals surface area contributed by atoms with Gasteiger partial charge in [0.2, 0.25) is 0 Å². The molecule has 0 aliphatic rings. The van der Waals surface area contributed by atoms with Crippen LogP contribution in [0.15, 0.2) is 42.5 Å². The molecule has 1 heterocycles. The molecular weight excluding hydrogens is 279 g/mol. The molecule has 0 unspecified atom stereocenters. The van der Waals surface area contributed by atoms with Crippen molar-refractivity contribution in [2.75, 3.05) is 5.73 Å². The highest BCUT2D eigenvalue weighted by molar-refractivity contribution is 5.71. The lowest BCUT2D eigenvalue weighted by atomic mass is 10.1. The predicted octanol–water partition coefficient (Wildman–Crippen LogP) is 3.53. The van der Waals surface area contributed by atoms with Gasteiger partial charge in [-0.1, -0.05) is 30.3 Å². The maximum atomic E-state index is 13.1. The molecule has 0 amide bonds. The van der Waals surface area contributed by atoms with E-state index in [2.05, 4.69) is 23.3 Å². The lowest BCUT2D eigenvalue weighted by molar-refractivity contribution is 0.628. The van der Waals surface area contributed by atoms with Crippen molar-refractivity contribution in [3.8, 4) is 16.9 Å². The van der Waals surface area contributed by atoms with Crippen LogP contribution in [0.25, 0.3) is 16.9 Å². The van der Waals surface area contributed by atoms with Gasteiger partial charge in [0.15, 0.2) is 5.82 Å². The Kier molecular flexibility index (Phi) is 3.63. The van der Waals surface area contributed by atoms with E-state index < -0.39 is 0 Å². The monoisotopic (exact) mass is 296 g/mol. The maximum absolute atomic E-state index is 13.1. The van der Waals surface area contributed by atoms with E-state index in [-0.39, 0.29) is 5.82 Å². The highest BCUT2D eigenvalue weighted by atomic mass is 19.1. The minimum absolute atomic E-state index is 0.290. The van der Waals surface area contributed by atoms with Crippen LogP contribution in [-0.4, -0.2) is 15.0 Å². The van der Waals surface area contributed by atoms with Gasteiger partial charge in [0, 0.05) is 5.56 Å². The molecule has 22 heavy (non-hydrogen) atoms. The number of nitrogens with zero attached hydrogens (tertiary/aromatic N) is 3. The number of hydrogen-bond donors (Lipinski definition) is 1. The molecule has 3 rings (SSSR count). The van der Waals surface area contributed by atoms with E-state index in [1.54, 1.807) is 16.8 Å². The first-order chi connectivity index (χ1) is 10.6. The minimum Gasteiger partial charge on any atom is -0.382 e. The highest BCUT2D eigenvalue weighted by Gasteiger charge is 2.16. The van der Waals surface area contributed by atoms with Gasteiger partial charge in [0.25, 0.3) is 0 Å². The molecule has 1 aromatic heterocycles. The molecule has 0 aliphatic carbocycles. The summed E-state index contributed by atoms with van der Waals surface area (Å²) in [6.45, 7) is 4.11. The van der Waals surface area contributed by atoms with Gasteiger partial charge in [-0.2, -0.15) is 4.68 Å². The summed E-state index contributed by atoms with van der Waals surface area (Å²) in [5.41, 5.74) is 10.8. The van der Waals surface area contributed by atoms with Gasteiger partial charge in [-0.05, 0) is 48.7 Å². The fourth-order valence-corrected chi connectivity index (χ4v) is 2.58. The molecule has 0 saturated carbocycles. The normalized spacial score (nSPS) is 10.9. The zero-order valence-corrected chi connectivity index (χ0v) is 12.5. The summed E-state index contributed by atoms with van der Waals surface area (Å²) >= 11 is 0. The Morgan fingerprint density at radius 1 is 1.14 bits per heavy atom. The minimum atomic E-state index is -0.290. The van der Waals surface area contributed by atoms with Crippen molar-refractivity contribution in [1.29, 1.82) is 0 Å². The van der Waals surface area contributed by atoms with E-state index in [9.17, 15) is 4.39 Å². The average Bonchev–Trinajstić information content (AvgIpc) is 2.89. The molecule has 2 N–H and O–H groups in total. The van der Waals surface area contributed by atoms with Crippen molar-refractivity contribution >= 4 is 5.82 Å². The second kappa shape index (κ2) is 5.60. The quantitative estimate of drug-likeness (QED) is 0.804. The van der Waals surface area contributed by atoms with E-state index in [0.29, 0.717) is 11.5 Å². The Hall–Kier alpha value is -2.69. The van der Waals surface area contributed by atoms with Crippen LogP contribution in [0.3, 0.4) is 0 Å². The van der Waals surface area contributed by atoms with Gasteiger partial charge in [0.05, 0.1) is 5.69 Å². The number of nitrogen functional groups attached to an aromatic ring is 1. The average molecular weight is 296 g/mol. The molecule has 0 saturated heterocycles. The predicted molar refractivity (Wildman–Crippen MR) is 85.3 cm³/mol. The summed E-state index contributed by atoms with van der Waals surface area (Å²) in [4.78, 5) is 0. The number of rotatable bonds is 3. The second-order valence-corrected chi connectivity index (χ2v) is 5.18. The summed E-state index contributed by atoms with van der Waals surface area (Å²) in [6.07, 6.45) is 0.877. The van der Waals surface area contributed by atoms with Gasteiger partial charge >= 0.3 is 0 Å². The Balaban J connectivity index is 2.14. The van der Waals surface area contributed by atoms with E-state index >= 15 is 0 Å². The molecule has 0 bridgehead atoms. The Labute approximate surface area is 128 Å². The molecule has 4 nitrogen and oxygen atoms in total. The molecule has 0 spiro atoms. The SMILES string of the molecule is CCc1cccc(C)c1-n1nnc(-c2ccc(F)cc2)c1N. The molecule has 0 fully saturated rings. The van der Waals surface area contributed by atoms with Crippen LogP contribution < -0.4 is 5.73 Å². The van der Waals surface area contributed by atoms with Crippen LogP contribution in [0.1, 0.15) is 18.1 Å². The van der Waals surface area contributed by atoms with Crippen LogP contribution in [-0.2, 0) is 6.42 Å².